The van der Waals surface area contributed by atoms with Crippen LogP contribution in [0.4, 0.5) is 0 Å². The minimum Gasteiger partial charge on any atom is -0.823 e. The normalized spacial score (nSPS) is 11.9. The Morgan fingerprint density at radius 2 is 1.62 bits per heavy atom. The molecule has 0 amide bonds. The third kappa shape index (κ3) is 4.47. The molecule has 24 heavy (non-hydrogen) atoms. The van der Waals surface area contributed by atoms with Crippen molar-refractivity contribution in [3.8, 4) is 5.75 Å². The summed E-state index contributed by atoms with van der Waals surface area (Å²) < 4.78 is 5.69. The molecule has 0 atom stereocenters. The van der Waals surface area contributed by atoms with Crippen molar-refractivity contribution < 1.29 is 9.84 Å². The van der Waals surface area contributed by atoms with Crippen LogP contribution in [-0.2, 0) is 0 Å². The van der Waals surface area contributed by atoms with E-state index >= 15 is 0 Å². The first-order valence-electron chi connectivity index (χ1n) is 8.36. The maximum absolute atomic E-state index is 12.8. The molecule has 0 bridgehead atoms. The molecule has 0 unspecified atom stereocenters. The van der Waals surface area contributed by atoms with Crippen LogP contribution in [0.25, 0.3) is 0 Å². The summed E-state index contributed by atoms with van der Waals surface area (Å²) in [6.45, 7) is 13.2. The predicted molar refractivity (Wildman–Crippen MR) is 103 cm³/mol. The van der Waals surface area contributed by atoms with Gasteiger partial charge in [0.15, 0.2) is 0 Å². The monoisotopic (exact) mass is 341 g/mol. The summed E-state index contributed by atoms with van der Waals surface area (Å²) in [5, 5.41) is 13.8. The molecule has 2 aromatic rings. The summed E-state index contributed by atoms with van der Waals surface area (Å²) in [7, 11) is 0.710. The third-order valence-electron chi connectivity index (χ3n) is 4.22. The summed E-state index contributed by atoms with van der Waals surface area (Å²) >= 11 is 0. The average Bonchev–Trinajstić information content (AvgIpc) is 2.52. The van der Waals surface area contributed by atoms with Gasteiger partial charge in [0.25, 0.3) is 0 Å². The summed E-state index contributed by atoms with van der Waals surface area (Å²) in [4.78, 5) is 0. The SMILES string of the molecule is Cc1cc(C)c(C([O-])=Pc2ccc(OCC(C)C)cc2)c(C)c1C. The van der Waals surface area contributed by atoms with Gasteiger partial charge in [-0.1, -0.05) is 28.1 Å². The van der Waals surface area contributed by atoms with Crippen LogP contribution in [0.5, 0.6) is 5.75 Å². The van der Waals surface area contributed by atoms with Gasteiger partial charge in [-0.2, -0.15) is 0 Å². The summed E-state index contributed by atoms with van der Waals surface area (Å²) in [5.41, 5.74) is 5.62. The van der Waals surface area contributed by atoms with Crippen molar-refractivity contribution in [1.82, 2.24) is 0 Å². The first-order chi connectivity index (χ1) is 11.3. The standard InChI is InChI=1S/C21H27O2P/c1-13(2)12-23-18-7-9-19(10-8-18)24-21(22)20-15(4)11-14(3)16(5)17(20)6/h7-11,13,22H,12H2,1-6H3/p-1. The summed E-state index contributed by atoms with van der Waals surface area (Å²) in [6.07, 6.45) is 0. The lowest BCUT2D eigenvalue weighted by Gasteiger charge is -2.21. The maximum atomic E-state index is 12.8. The van der Waals surface area contributed by atoms with Gasteiger partial charge in [0, 0.05) is 5.30 Å². The van der Waals surface area contributed by atoms with E-state index in [2.05, 4.69) is 33.8 Å². The Bertz CT molecular complexity index is 743. The number of hydrogen-bond acceptors (Lipinski definition) is 2. The van der Waals surface area contributed by atoms with Gasteiger partial charge in [0.2, 0.25) is 0 Å². The molecule has 0 aliphatic rings. The van der Waals surface area contributed by atoms with Gasteiger partial charge >= 0.3 is 0 Å². The molecule has 0 saturated heterocycles. The van der Waals surface area contributed by atoms with Crippen molar-refractivity contribution >= 4 is 19.0 Å². The highest BCUT2D eigenvalue weighted by atomic mass is 31.1. The number of ether oxygens (including phenoxy) is 1. The second-order valence-electron chi connectivity index (χ2n) is 6.75. The fourth-order valence-electron chi connectivity index (χ4n) is 2.67. The Morgan fingerprint density at radius 3 is 2.21 bits per heavy atom. The van der Waals surface area contributed by atoms with E-state index in [0.29, 0.717) is 20.7 Å². The molecule has 2 aromatic carbocycles. The summed E-state index contributed by atoms with van der Waals surface area (Å²) in [5.74, 6) is 1.36. The van der Waals surface area contributed by atoms with E-state index in [1.165, 1.54) is 11.1 Å². The fraction of sp³-hybridized carbons (Fsp3) is 0.381. The lowest BCUT2D eigenvalue weighted by Crippen LogP contribution is -2.21. The maximum Gasteiger partial charge on any atom is 0.119 e. The van der Waals surface area contributed by atoms with Crippen LogP contribution in [0.3, 0.4) is 0 Å². The van der Waals surface area contributed by atoms with Crippen LogP contribution < -0.4 is 15.1 Å². The van der Waals surface area contributed by atoms with E-state index in [0.717, 1.165) is 27.7 Å². The number of aryl methyl sites for hydroxylation is 2. The first kappa shape index (κ1) is 18.7. The second-order valence-corrected chi connectivity index (χ2v) is 7.90. The van der Waals surface area contributed by atoms with E-state index in [1.54, 1.807) is 0 Å². The molecule has 0 radical (unpaired) electrons. The topological polar surface area (TPSA) is 32.3 Å². The first-order valence-corrected chi connectivity index (χ1v) is 9.25. The van der Waals surface area contributed by atoms with Gasteiger partial charge in [0.1, 0.15) is 5.75 Å². The molecule has 0 fully saturated rings. The molecule has 2 rings (SSSR count). The van der Waals surface area contributed by atoms with Crippen molar-refractivity contribution in [2.75, 3.05) is 6.61 Å². The van der Waals surface area contributed by atoms with Crippen molar-refractivity contribution in [3.05, 3.63) is 58.1 Å². The minimum atomic E-state index is 0.156. The lowest BCUT2D eigenvalue weighted by atomic mass is 9.95. The average molecular weight is 341 g/mol. The van der Waals surface area contributed by atoms with Crippen LogP contribution >= 0.6 is 8.20 Å². The fourth-order valence-corrected chi connectivity index (χ4v) is 3.65. The predicted octanol–water partition coefficient (Wildman–Crippen LogP) is 4.07. The minimum absolute atomic E-state index is 0.156. The van der Waals surface area contributed by atoms with Crippen molar-refractivity contribution in [1.29, 1.82) is 0 Å². The molecule has 0 spiro atoms. The van der Waals surface area contributed by atoms with Gasteiger partial charge in [-0.25, -0.2) is 0 Å². The van der Waals surface area contributed by atoms with E-state index in [-0.39, 0.29) is 5.48 Å². The van der Waals surface area contributed by atoms with Gasteiger partial charge < -0.3 is 9.84 Å². The van der Waals surface area contributed by atoms with Crippen LogP contribution in [0.2, 0.25) is 0 Å². The van der Waals surface area contributed by atoms with E-state index in [9.17, 15) is 5.11 Å². The van der Waals surface area contributed by atoms with Gasteiger partial charge in [-0.05, 0) is 85.7 Å². The Balaban J connectivity index is 2.27. The van der Waals surface area contributed by atoms with E-state index in [4.69, 9.17) is 4.74 Å². The second kappa shape index (κ2) is 7.96. The van der Waals surface area contributed by atoms with E-state index in [1.807, 2.05) is 38.1 Å². The molecule has 0 aliphatic carbocycles. The highest BCUT2D eigenvalue weighted by molar-refractivity contribution is 7.49. The van der Waals surface area contributed by atoms with Crippen LogP contribution in [-0.4, -0.2) is 12.1 Å². The molecule has 2 nitrogen and oxygen atoms in total. The van der Waals surface area contributed by atoms with Crippen LogP contribution in [0.1, 0.15) is 41.7 Å². The molecule has 0 N–H and O–H groups in total. The Labute approximate surface area is 147 Å². The highest BCUT2D eigenvalue weighted by Crippen LogP contribution is 2.23. The zero-order chi connectivity index (χ0) is 17.9. The van der Waals surface area contributed by atoms with Gasteiger partial charge in [0.05, 0.1) is 6.61 Å². The molecule has 128 valence electrons. The summed E-state index contributed by atoms with van der Waals surface area (Å²) in [6, 6.07) is 9.94. The Morgan fingerprint density at radius 1 is 1.00 bits per heavy atom. The number of hydrogen-bond donors (Lipinski definition) is 0. The van der Waals surface area contributed by atoms with Crippen molar-refractivity contribution in [2.24, 2.45) is 5.92 Å². The quantitative estimate of drug-likeness (QED) is 0.768. The highest BCUT2D eigenvalue weighted by Gasteiger charge is 2.07. The zero-order valence-corrected chi connectivity index (χ0v) is 16.3. The third-order valence-corrected chi connectivity index (χ3v) is 5.20. The van der Waals surface area contributed by atoms with Crippen LogP contribution in [0.15, 0.2) is 30.3 Å². The van der Waals surface area contributed by atoms with Gasteiger partial charge in [-0.15, -0.1) is 5.48 Å². The van der Waals surface area contributed by atoms with Crippen LogP contribution in [0, 0.1) is 33.6 Å². The number of rotatable bonds is 5. The zero-order valence-electron chi connectivity index (χ0n) is 15.4. The number of benzene rings is 2. The van der Waals surface area contributed by atoms with Crippen molar-refractivity contribution in [2.45, 2.75) is 41.5 Å². The Hall–Kier alpha value is -1.63. The molecule has 3 heteroatoms. The molecule has 0 saturated carbocycles. The van der Waals surface area contributed by atoms with Gasteiger partial charge in [-0.3, -0.25) is 0 Å². The lowest BCUT2D eigenvalue weighted by molar-refractivity contribution is -0.207. The smallest absolute Gasteiger partial charge is 0.119 e. The molecule has 0 aromatic heterocycles. The molecular formula is C21H26O2P-. The Kier molecular flexibility index (Phi) is 6.21. The van der Waals surface area contributed by atoms with E-state index < -0.39 is 0 Å². The molecular weight excluding hydrogens is 315 g/mol. The van der Waals surface area contributed by atoms with Crippen molar-refractivity contribution in [3.63, 3.8) is 0 Å². The molecule has 0 heterocycles. The molecule has 0 aliphatic heterocycles. The largest absolute Gasteiger partial charge is 0.823 e.